The molecule has 7 heteroatoms. The first-order valence-electron chi connectivity index (χ1n) is 8.09. The molecule has 0 atom stereocenters. The van der Waals surface area contributed by atoms with Crippen molar-refractivity contribution in [1.29, 1.82) is 0 Å². The number of benzene rings is 2. The van der Waals surface area contributed by atoms with Crippen LogP contribution in [0.2, 0.25) is 0 Å². The topological polar surface area (TPSA) is 86.7 Å². The summed E-state index contributed by atoms with van der Waals surface area (Å²) in [5, 5.41) is 2.68. The minimum atomic E-state index is -4.32. The van der Waals surface area contributed by atoms with E-state index in [0.717, 1.165) is 31.5 Å². The molecule has 1 heterocycles. The molecule has 132 valence electrons. The molecule has 25 heavy (non-hydrogen) atoms. The van der Waals surface area contributed by atoms with Gasteiger partial charge in [0.1, 0.15) is 4.90 Å². The summed E-state index contributed by atoms with van der Waals surface area (Å²) >= 11 is 0. The molecule has 0 bridgehead atoms. The van der Waals surface area contributed by atoms with Gasteiger partial charge >= 0.3 is 0 Å². The van der Waals surface area contributed by atoms with E-state index >= 15 is 0 Å². The van der Waals surface area contributed by atoms with Gasteiger partial charge in [-0.25, -0.2) is 0 Å². The molecule has 1 aliphatic rings. The van der Waals surface area contributed by atoms with E-state index in [1.54, 1.807) is 30.3 Å². The maximum Gasteiger partial charge on any atom is 0.296 e. The summed E-state index contributed by atoms with van der Waals surface area (Å²) < 4.78 is 33.3. The molecule has 1 aliphatic heterocycles. The van der Waals surface area contributed by atoms with Crippen molar-refractivity contribution in [3.05, 3.63) is 42.5 Å². The molecule has 1 amide bonds. The summed E-state index contributed by atoms with van der Waals surface area (Å²) in [5.41, 5.74) is 2.69. The number of nitrogens with one attached hydrogen (secondary N) is 1. The van der Waals surface area contributed by atoms with Crippen molar-refractivity contribution < 1.29 is 17.8 Å². The molecule has 0 unspecified atom stereocenters. The fraction of sp³-hybridized carbons (Fsp3) is 0.278. The van der Waals surface area contributed by atoms with Crippen LogP contribution in [0.3, 0.4) is 0 Å². The predicted octanol–water partition coefficient (Wildman–Crippen LogP) is 3.16. The molecular formula is C18H20N2O4S. The molecular weight excluding hydrogens is 340 g/mol. The Morgan fingerprint density at radius 3 is 2.20 bits per heavy atom. The molecule has 0 spiro atoms. The summed E-state index contributed by atoms with van der Waals surface area (Å²) in [6.45, 7) is 3.00. The zero-order valence-corrected chi connectivity index (χ0v) is 14.7. The second kappa shape index (κ2) is 6.85. The van der Waals surface area contributed by atoms with Crippen LogP contribution in [0.25, 0.3) is 11.1 Å². The van der Waals surface area contributed by atoms with E-state index in [1.807, 2.05) is 11.0 Å². The predicted molar refractivity (Wildman–Crippen MR) is 97.4 cm³/mol. The van der Waals surface area contributed by atoms with Crippen LogP contribution in [-0.2, 0) is 14.9 Å². The first kappa shape index (κ1) is 17.4. The second-order valence-corrected chi connectivity index (χ2v) is 7.50. The third kappa shape index (κ3) is 4.00. The lowest BCUT2D eigenvalue weighted by atomic mass is 10.0. The van der Waals surface area contributed by atoms with Crippen LogP contribution >= 0.6 is 0 Å². The van der Waals surface area contributed by atoms with Crippen LogP contribution in [0.15, 0.2) is 47.4 Å². The average Bonchev–Trinajstić information content (AvgIpc) is 3.08. The highest BCUT2D eigenvalue weighted by Crippen LogP contribution is 2.33. The van der Waals surface area contributed by atoms with Crippen LogP contribution in [0, 0.1) is 0 Å². The van der Waals surface area contributed by atoms with Gasteiger partial charge in [0.05, 0.1) is 5.69 Å². The van der Waals surface area contributed by atoms with Crippen molar-refractivity contribution in [1.82, 2.24) is 0 Å². The van der Waals surface area contributed by atoms with Gasteiger partial charge in [-0.05, 0) is 48.2 Å². The van der Waals surface area contributed by atoms with Crippen LogP contribution in [0.5, 0.6) is 0 Å². The number of hydrogen-bond acceptors (Lipinski definition) is 4. The van der Waals surface area contributed by atoms with Gasteiger partial charge in [0, 0.05) is 25.7 Å². The van der Waals surface area contributed by atoms with E-state index in [-0.39, 0.29) is 10.8 Å². The van der Waals surface area contributed by atoms with Crippen molar-refractivity contribution >= 4 is 27.4 Å². The lowest BCUT2D eigenvalue weighted by molar-refractivity contribution is -0.114. The minimum Gasteiger partial charge on any atom is -0.370 e. The van der Waals surface area contributed by atoms with Crippen LogP contribution in [0.4, 0.5) is 11.4 Å². The molecule has 1 fully saturated rings. The molecule has 2 aromatic rings. The summed E-state index contributed by atoms with van der Waals surface area (Å²) in [6.07, 6.45) is 2.02. The molecule has 3 rings (SSSR count). The van der Waals surface area contributed by atoms with E-state index in [1.165, 1.54) is 13.0 Å². The van der Waals surface area contributed by atoms with Crippen molar-refractivity contribution in [3.63, 3.8) is 0 Å². The van der Waals surface area contributed by atoms with E-state index < -0.39 is 10.1 Å². The number of amides is 1. The van der Waals surface area contributed by atoms with Gasteiger partial charge in [0.25, 0.3) is 10.1 Å². The van der Waals surface area contributed by atoms with Crippen molar-refractivity contribution in [2.45, 2.75) is 24.7 Å². The number of carbonyl (C=O) groups excluding carboxylic acids is 1. The Kier molecular flexibility index (Phi) is 4.78. The number of anilines is 2. The Morgan fingerprint density at radius 2 is 1.64 bits per heavy atom. The van der Waals surface area contributed by atoms with Crippen LogP contribution in [-0.4, -0.2) is 32.0 Å². The first-order valence-corrected chi connectivity index (χ1v) is 9.53. The summed E-state index contributed by atoms with van der Waals surface area (Å²) in [7, 11) is -4.32. The zero-order chi connectivity index (χ0) is 18.0. The van der Waals surface area contributed by atoms with E-state index in [2.05, 4.69) is 5.32 Å². The Labute approximate surface area is 147 Å². The van der Waals surface area contributed by atoms with Crippen molar-refractivity contribution in [3.8, 4) is 11.1 Å². The Hall–Kier alpha value is -2.38. The molecule has 2 aromatic carbocycles. The third-order valence-corrected chi connectivity index (χ3v) is 5.11. The van der Waals surface area contributed by atoms with Gasteiger partial charge < -0.3 is 10.2 Å². The quantitative estimate of drug-likeness (QED) is 0.818. The molecule has 2 N–H and O–H groups in total. The molecule has 0 radical (unpaired) electrons. The highest BCUT2D eigenvalue weighted by atomic mass is 32.2. The zero-order valence-electron chi connectivity index (χ0n) is 13.9. The van der Waals surface area contributed by atoms with Crippen molar-refractivity contribution in [2.24, 2.45) is 0 Å². The van der Waals surface area contributed by atoms with Gasteiger partial charge in [0.2, 0.25) is 5.91 Å². The van der Waals surface area contributed by atoms with Gasteiger partial charge in [-0.2, -0.15) is 8.42 Å². The van der Waals surface area contributed by atoms with Crippen LogP contribution in [0.1, 0.15) is 19.8 Å². The number of hydrogen-bond donors (Lipinski definition) is 2. The van der Waals surface area contributed by atoms with Gasteiger partial charge in [-0.15, -0.1) is 0 Å². The molecule has 0 aromatic heterocycles. The molecule has 0 aliphatic carbocycles. The maximum absolute atomic E-state index is 11.9. The lowest BCUT2D eigenvalue weighted by Gasteiger charge is -2.21. The number of rotatable bonds is 4. The minimum absolute atomic E-state index is 0.0714. The van der Waals surface area contributed by atoms with Gasteiger partial charge in [0.15, 0.2) is 0 Å². The summed E-state index contributed by atoms with van der Waals surface area (Å²) in [6, 6.07) is 12.2. The lowest BCUT2D eigenvalue weighted by Crippen LogP contribution is -2.20. The van der Waals surface area contributed by atoms with Gasteiger partial charge in [-0.3, -0.25) is 9.35 Å². The van der Waals surface area contributed by atoms with Crippen molar-refractivity contribution in [2.75, 3.05) is 23.3 Å². The standard InChI is InChI=1S/C18H20N2O4S/c1-13(21)19-16-7-4-14(5-8-16)15-6-9-17(20-10-2-3-11-20)18(12-15)25(22,23)24/h4-9,12H,2-3,10-11H2,1H3,(H,19,21)(H,22,23,24). The number of carbonyl (C=O) groups is 1. The molecule has 6 nitrogen and oxygen atoms in total. The monoisotopic (exact) mass is 360 g/mol. The Balaban J connectivity index is 1.98. The van der Waals surface area contributed by atoms with Gasteiger partial charge in [-0.1, -0.05) is 18.2 Å². The smallest absolute Gasteiger partial charge is 0.296 e. The molecule has 1 saturated heterocycles. The Morgan fingerprint density at radius 1 is 1.04 bits per heavy atom. The number of nitrogens with zero attached hydrogens (tertiary/aromatic N) is 1. The van der Waals surface area contributed by atoms with Crippen LogP contribution < -0.4 is 10.2 Å². The highest BCUT2D eigenvalue weighted by molar-refractivity contribution is 7.86. The first-order chi connectivity index (χ1) is 11.8. The van der Waals surface area contributed by atoms with E-state index in [4.69, 9.17) is 0 Å². The van der Waals surface area contributed by atoms with E-state index in [0.29, 0.717) is 16.9 Å². The molecule has 0 saturated carbocycles. The largest absolute Gasteiger partial charge is 0.370 e. The average molecular weight is 360 g/mol. The normalized spacial score (nSPS) is 14.6. The second-order valence-electron chi connectivity index (χ2n) is 6.11. The fourth-order valence-corrected chi connectivity index (χ4v) is 3.81. The summed E-state index contributed by atoms with van der Waals surface area (Å²) in [5.74, 6) is -0.156. The summed E-state index contributed by atoms with van der Waals surface area (Å²) in [4.78, 5) is 13.0. The SMILES string of the molecule is CC(=O)Nc1ccc(-c2ccc(N3CCCC3)c(S(=O)(=O)O)c2)cc1. The highest BCUT2D eigenvalue weighted by Gasteiger charge is 2.22. The fourth-order valence-electron chi connectivity index (χ4n) is 3.07. The third-order valence-electron chi connectivity index (χ3n) is 4.22. The van der Waals surface area contributed by atoms with E-state index in [9.17, 15) is 17.8 Å². The maximum atomic E-state index is 11.9. The Bertz CT molecular complexity index is 886.